The van der Waals surface area contributed by atoms with E-state index in [1.807, 2.05) is 54.6 Å². The molecular weight excluding hydrogens is 356 g/mol. The highest BCUT2D eigenvalue weighted by Crippen LogP contribution is 2.21. The minimum atomic E-state index is -0.641. The van der Waals surface area contributed by atoms with Crippen LogP contribution in [0.4, 0.5) is 5.69 Å². The molecule has 1 aromatic heterocycles. The van der Waals surface area contributed by atoms with E-state index in [2.05, 4.69) is 4.98 Å². The molecule has 0 radical (unpaired) electrons. The van der Waals surface area contributed by atoms with Gasteiger partial charge in [0.1, 0.15) is 6.20 Å². The van der Waals surface area contributed by atoms with Crippen molar-refractivity contribution in [2.45, 2.75) is 6.92 Å². The maximum absolute atomic E-state index is 12.1. The number of ether oxygens (including phenoxy) is 1. The Morgan fingerprint density at radius 2 is 1.75 bits per heavy atom. The lowest BCUT2D eigenvalue weighted by Gasteiger charge is -2.05. The van der Waals surface area contributed by atoms with E-state index in [4.69, 9.17) is 4.74 Å². The summed E-state index contributed by atoms with van der Waals surface area (Å²) in [5, 5.41) is 11.0. The number of aromatic nitrogens is 1. The zero-order valence-electron chi connectivity index (χ0n) is 15.2. The number of benzene rings is 2. The van der Waals surface area contributed by atoms with Crippen LogP contribution in [0, 0.1) is 10.1 Å². The third kappa shape index (κ3) is 4.48. The SMILES string of the molecule is CCOC(=O)c1cc([N+](=O)[O-])cnc1/C=C/c1ccc(-c2ccccc2)cc1. The first-order valence-corrected chi connectivity index (χ1v) is 8.73. The van der Waals surface area contributed by atoms with E-state index in [0.29, 0.717) is 5.69 Å². The Balaban J connectivity index is 1.87. The summed E-state index contributed by atoms with van der Waals surface area (Å²) in [5.41, 5.74) is 3.25. The molecule has 1 heterocycles. The Kier molecular flexibility index (Phi) is 5.91. The van der Waals surface area contributed by atoms with Gasteiger partial charge in [-0.05, 0) is 29.7 Å². The Hall–Kier alpha value is -3.80. The summed E-state index contributed by atoms with van der Waals surface area (Å²) in [4.78, 5) is 26.6. The molecule has 0 N–H and O–H groups in total. The lowest BCUT2D eigenvalue weighted by molar-refractivity contribution is -0.385. The molecule has 6 heteroatoms. The van der Waals surface area contributed by atoms with Crippen LogP contribution in [0.3, 0.4) is 0 Å². The van der Waals surface area contributed by atoms with Crippen LogP contribution < -0.4 is 0 Å². The average Bonchev–Trinajstić information content (AvgIpc) is 2.73. The van der Waals surface area contributed by atoms with Crippen LogP contribution in [-0.2, 0) is 4.74 Å². The minimum absolute atomic E-state index is 0.0632. The first-order chi connectivity index (χ1) is 13.6. The van der Waals surface area contributed by atoms with Crippen LogP contribution in [-0.4, -0.2) is 22.5 Å². The molecule has 0 fully saturated rings. The number of hydrogen-bond donors (Lipinski definition) is 0. The largest absolute Gasteiger partial charge is 0.462 e. The molecule has 0 unspecified atom stereocenters. The van der Waals surface area contributed by atoms with Crippen LogP contribution in [0.5, 0.6) is 0 Å². The zero-order chi connectivity index (χ0) is 19.9. The predicted octanol–water partition coefficient (Wildman–Crippen LogP) is 5.00. The van der Waals surface area contributed by atoms with Gasteiger partial charge in [-0.25, -0.2) is 9.78 Å². The Morgan fingerprint density at radius 1 is 1.07 bits per heavy atom. The summed E-state index contributed by atoms with van der Waals surface area (Å²) in [7, 11) is 0. The van der Waals surface area contributed by atoms with Gasteiger partial charge in [-0.15, -0.1) is 0 Å². The number of rotatable bonds is 6. The monoisotopic (exact) mass is 374 g/mol. The summed E-state index contributed by atoms with van der Waals surface area (Å²) in [6.07, 6.45) is 4.57. The maximum Gasteiger partial charge on any atom is 0.340 e. The Bertz CT molecular complexity index is 1010. The molecule has 0 spiro atoms. The number of hydrogen-bond acceptors (Lipinski definition) is 5. The molecule has 0 saturated heterocycles. The van der Waals surface area contributed by atoms with E-state index < -0.39 is 10.9 Å². The highest BCUT2D eigenvalue weighted by molar-refractivity contribution is 5.94. The number of pyridine rings is 1. The van der Waals surface area contributed by atoms with Gasteiger partial charge in [0.05, 0.1) is 22.8 Å². The van der Waals surface area contributed by atoms with Gasteiger partial charge in [-0.1, -0.05) is 60.7 Å². The van der Waals surface area contributed by atoms with E-state index in [1.165, 1.54) is 6.07 Å². The average molecular weight is 374 g/mol. The number of nitro groups is 1. The second-order valence-corrected chi connectivity index (χ2v) is 5.93. The minimum Gasteiger partial charge on any atom is -0.462 e. The molecular formula is C22H18N2O4. The standard InChI is InChI=1S/C22H18N2O4/c1-2-28-22(25)20-14-19(24(26)27)15-23-21(20)13-10-16-8-11-18(12-9-16)17-6-4-3-5-7-17/h3-15H,2H2,1H3/b13-10+. The van der Waals surface area contributed by atoms with Crippen molar-refractivity contribution in [2.75, 3.05) is 6.61 Å². The molecule has 140 valence electrons. The third-order valence-electron chi connectivity index (χ3n) is 4.06. The second-order valence-electron chi connectivity index (χ2n) is 5.93. The van der Waals surface area contributed by atoms with E-state index >= 15 is 0 Å². The smallest absolute Gasteiger partial charge is 0.340 e. The van der Waals surface area contributed by atoms with Crippen molar-refractivity contribution in [3.05, 3.63) is 93.8 Å². The van der Waals surface area contributed by atoms with E-state index in [9.17, 15) is 14.9 Å². The molecule has 0 bridgehead atoms. The van der Waals surface area contributed by atoms with Gasteiger partial charge >= 0.3 is 5.97 Å². The van der Waals surface area contributed by atoms with Gasteiger partial charge < -0.3 is 4.74 Å². The normalized spacial score (nSPS) is 10.8. The van der Waals surface area contributed by atoms with Crippen LogP contribution in [0.2, 0.25) is 0 Å². The van der Waals surface area contributed by atoms with Gasteiger partial charge in [0.2, 0.25) is 0 Å². The van der Waals surface area contributed by atoms with Gasteiger partial charge in [0, 0.05) is 6.07 Å². The molecule has 0 aliphatic heterocycles. The maximum atomic E-state index is 12.1. The summed E-state index contributed by atoms with van der Waals surface area (Å²) >= 11 is 0. The van der Waals surface area contributed by atoms with Gasteiger partial charge in [0.15, 0.2) is 0 Å². The fourth-order valence-electron chi connectivity index (χ4n) is 2.66. The number of carbonyl (C=O) groups is 1. The number of carbonyl (C=O) groups excluding carboxylic acids is 1. The van der Waals surface area contributed by atoms with Crippen molar-refractivity contribution in [3.8, 4) is 11.1 Å². The highest BCUT2D eigenvalue weighted by Gasteiger charge is 2.17. The summed E-state index contributed by atoms with van der Waals surface area (Å²) in [6, 6.07) is 19.1. The van der Waals surface area contributed by atoms with Crippen molar-refractivity contribution in [3.63, 3.8) is 0 Å². The molecule has 0 aliphatic carbocycles. The molecule has 0 aliphatic rings. The first kappa shape index (κ1) is 19.0. The molecule has 3 rings (SSSR count). The molecule has 3 aromatic rings. The summed E-state index contributed by atoms with van der Waals surface area (Å²) in [5.74, 6) is -0.641. The van der Waals surface area contributed by atoms with Crippen LogP contribution in [0.25, 0.3) is 23.3 Å². The quantitative estimate of drug-likeness (QED) is 0.344. The van der Waals surface area contributed by atoms with Crippen LogP contribution in [0.15, 0.2) is 66.9 Å². The third-order valence-corrected chi connectivity index (χ3v) is 4.06. The van der Waals surface area contributed by atoms with E-state index in [-0.39, 0.29) is 17.9 Å². The van der Waals surface area contributed by atoms with Gasteiger partial charge in [0.25, 0.3) is 5.69 Å². The Morgan fingerprint density at radius 3 is 2.39 bits per heavy atom. The van der Waals surface area contributed by atoms with Crippen molar-refractivity contribution in [1.29, 1.82) is 0 Å². The highest BCUT2D eigenvalue weighted by atomic mass is 16.6. The molecule has 28 heavy (non-hydrogen) atoms. The lowest BCUT2D eigenvalue weighted by Crippen LogP contribution is -2.08. The molecule has 2 aromatic carbocycles. The van der Waals surface area contributed by atoms with Crippen LogP contribution in [0.1, 0.15) is 28.5 Å². The van der Waals surface area contributed by atoms with E-state index in [0.717, 1.165) is 22.9 Å². The van der Waals surface area contributed by atoms with Crippen molar-refractivity contribution in [1.82, 2.24) is 4.98 Å². The molecule has 0 amide bonds. The number of nitrogens with zero attached hydrogens (tertiary/aromatic N) is 2. The fraction of sp³-hybridized carbons (Fsp3) is 0.0909. The number of esters is 1. The zero-order valence-corrected chi connectivity index (χ0v) is 15.2. The molecule has 0 saturated carbocycles. The van der Waals surface area contributed by atoms with Crippen LogP contribution >= 0.6 is 0 Å². The predicted molar refractivity (Wildman–Crippen MR) is 108 cm³/mol. The van der Waals surface area contributed by atoms with E-state index in [1.54, 1.807) is 19.1 Å². The fourth-order valence-corrected chi connectivity index (χ4v) is 2.66. The van der Waals surface area contributed by atoms with Crippen molar-refractivity contribution < 1.29 is 14.5 Å². The van der Waals surface area contributed by atoms with Gasteiger partial charge in [-0.3, -0.25) is 10.1 Å². The summed E-state index contributed by atoms with van der Waals surface area (Å²) < 4.78 is 4.98. The molecule has 6 nitrogen and oxygen atoms in total. The lowest BCUT2D eigenvalue weighted by atomic mass is 10.0. The van der Waals surface area contributed by atoms with Crippen molar-refractivity contribution in [2.24, 2.45) is 0 Å². The Labute approximate surface area is 162 Å². The topological polar surface area (TPSA) is 82.3 Å². The van der Waals surface area contributed by atoms with Crippen molar-refractivity contribution >= 4 is 23.8 Å². The summed E-state index contributed by atoms with van der Waals surface area (Å²) in [6.45, 7) is 1.85. The second kappa shape index (κ2) is 8.73. The first-order valence-electron chi connectivity index (χ1n) is 8.73. The van der Waals surface area contributed by atoms with Gasteiger partial charge in [-0.2, -0.15) is 0 Å². The molecule has 0 atom stereocenters.